The van der Waals surface area contributed by atoms with E-state index in [9.17, 15) is 0 Å². The van der Waals surface area contributed by atoms with Gasteiger partial charge in [-0.15, -0.1) is 11.8 Å². The molecule has 0 nitrogen and oxygen atoms in total. The summed E-state index contributed by atoms with van der Waals surface area (Å²) in [5.41, 5.74) is 6.88. The van der Waals surface area contributed by atoms with Crippen LogP contribution < -0.4 is 0 Å². The lowest BCUT2D eigenvalue weighted by molar-refractivity contribution is 0.941. The van der Waals surface area contributed by atoms with Gasteiger partial charge in [0.1, 0.15) is 0 Å². The van der Waals surface area contributed by atoms with E-state index in [-0.39, 0.29) is 5.25 Å². The molecule has 1 aliphatic heterocycles. The topological polar surface area (TPSA) is 0 Å². The van der Waals surface area contributed by atoms with E-state index in [1.165, 1.54) is 37.6 Å². The van der Waals surface area contributed by atoms with Crippen molar-refractivity contribution in [3.05, 3.63) is 119 Å². The quantitative estimate of drug-likeness (QED) is 0.308. The van der Waals surface area contributed by atoms with Crippen molar-refractivity contribution in [2.45, 2.75) is 23.0 Å². The van der Waals surface area contributed by atoms with Gasteiger partial charge in [-0.05, 0) is 52.8 Å². The van der Waals surface area contributed by atoms with Gasteiger partial charge in [0.15, 0.2) is 0 Å². The lowest BCUT2D eigenvalue weighted by Crippen LogP contribution is -2.13. The number of thioether (sulfide) groups is 2. The molecule has 0 saturated carbocycles. The molecule has 1 aliphatic carbocycles. The van der Waals surface area contributed by atoms with Crippen molar-refractivity contribution < 1.29 is 0 Å². The van der Waals surface area contributed by atoms with Gasteiger partial charge >= 0.3 is 0 Å². The van der Waals surface area contributed by atoms with Crippen LogP contribution in [0, 0.1) is 0 Å². The molecule has 3 aromatic rings. The highest BCUT2D eigenvalue weighted by atomic mass is 32.2. The molecular weight excluding hydrogens is 408 g/mol. The second kappa shape index (κ2) is 8.35. The number of allylic oxidation sites excluding steroid dienone is 2. The third-order valence-corrected chi connectivity index (χ3v) is 8.25. The molecule has 0 aromatic heterocycles. The second-order valence-corrected chi connectivity index (χ2v) is 10.1. The molecular formula is C26H20S3. The number of thiocarbonyl (C=S) groups is 1. The van der Waals surface area contributed by atoms with Crippen LogP contribution in [0.25, 0.3) is 4.91 Å². The third kappa shape index (κ3) is 3.87. The van der Waals surface area contributed by atoms with E-state index in [2.05, 4.69) is 84.9 Å². The molecule has 1 atom stereocenters. The average Bonchev–Trinajstić information content (AvgIpc) is 2.79. The summed E-state index contributed by atoms with van der Waals surface area (Å²) < 4.78 is 0.975. The van der Waals surface area contributed by atoms with Crippen molar-refractivity contribution in [2.24, 2.45) is 0 Å². The first-order valence-electron chi connectivity index (χ1n) is 9.81. The molecule has 0 spiro atoms. The van der Waals surface area contributed by atoms with Gasteiger partial charge in [-0.25, -0.2) is 0 Å². The van der Waals surface area contributed by atoms with Crippen LogP contribution >= 0.6 is 35.7 Å². The maximum Gasteiger partial charge on any atom is 0.0800 e. The maximum atomic E-state index is 5.96. The predicted octanol–water partition coefficient (Wildman–Crippen LogP) is 7.88. The van der Waals surface area contributed by atoms with Crippen LogP contribution in [0.5, 0.6) is 0 Å². The summed E-state index contributed by atoms with van der Waals surface area (Å²) in [6.07, 6.45) is 4.58. The third-order valence-electron chi connectivity index (χ3n) is 5.36. The molecule has 1 unspecified atom stereocenters. The van der Waals surface area contributed by atoms with Crippen molar-refractivity contribution in [1.82, 2.24) is 0 Å². The van der Waals surface area contributed by atoms with Crippen molar-refractivity contribution in [1.29, 1.82) is 0 Å². The first-order chi connectivity index (χ1) is 14.3. The Balaban J connectivity index is 1.57. The minimum Gasteiger partial charge on any atom is -0.112 e. The van der Waals surface area contributed by atoms with Gasteiger partial charge in [0.2, 0.25) is 0 Å². The zero-order chi connectivity index (χ0) is 19.6. The summed E-state index contributed by atoms with van der Waals surface area (Å²) in [4.78, 5) is 2.63. The van der Waals surface area contributed by atoms with Crippen LogP contribution in [0.2, 0.25) is 0 Å². The van der Waals surface area contributed by atoms with Crippen molar-refractivity contribution in [3.8, 4) is 0 Å². The zero-order valence-corrected chi connectivity index (χ0v) is 18.3. The first kappa shape index (κ1) is 18.9. The van der Waals surface area contributed by atoms with Crippen LogP contribution in [0.3, 0.4) is 0 Å². The van der Waals surface area contributed by atoms with Gasteiger partial charge in [-0.1, -0.05) is 103 Å². The van der Waals surface area contributed by atoms with E-state index in [1.807, 2.05) is 17.8 Å². The molecule has 3 heteroatoms. The maximum absolute atomic E-state index is 5.96. The molecule has 0 fully saturated rings. The second-order valence-electron chi connectivity index (χ2n) is 7.22. The highest BCUT2D eigenvalue weighted by Gasteiger charge is 2.31. The van der Waals surface area contributed by atoms with Crippen LogP contribution in [-0.2, 0) is 6.42 Å². The van der Waals surface area contributed by atoms with Gasteiger partial charge in [-0.3, -0.25) is 0 Å². The Labute approximate surface area is 186 Å². The molecule has 0 saturated heterocycles. The smallest absolute Gasteiger partial charge is 0.0800 e. The van der Waals surface area contributed by atoms with Crippen LogP contribution in [-0.4, -0.2) is 4.20 Å². The van der Waals surface area contributed by atoms with E-state index >= 15 is 0 Å². The predicted molar refractivity (Wildman–Crippen MR) is 131 cm³/mol. The lowest BCUT2D eigenvalue weighted by atomic mass is 9.90. The molecule has 0 N–H and O–H groups in total. The van der Waals surface area contributed by atoms with E-state index in [0.29, 0.717) is 0 Å². The fraction of sp³-hybridized carbons (Fsp3) is 0.115. The number of hydrogen-bond donors (Lipinski definition) is 0. The highest BCUT2D eigenvalue weighted by Crippen LogP contribution is 2.53. The average molecular weight is 429 g/mol. The first-order valence-corrected chi connectivity index (χ1v) is 11.9. The monoisotopic (exact) mass is 428 g/mol. The number of aryl methyl sites for hydroxylation is 1. The van der Waals surface area contributed by atoms with E-state index in [1.54, 1.807) is 11.8 Å². The summed E-state index contributed by atoms with van der Waals surface area (Å²) in [6.45, 7) is 0. The largest absolute Gasteiger partial charge is 0.112 e. The molecule has 0 amide bonds. The van der Waals surface area contributed by atoms with E-state index in [0.717, 1.165) is 17.0 Å². The minimum atomic E-state index is 0.227. The zero-order valence-electron chi connectivity index (χ0n) is 15.9. The Morgan fingerprint density at radius 3 is 2.31 bits per heavy atom. The lowest BCUT2D eigenvalue weighted by Gasteiger charge is -2.32. The fourth-order valence-electron chi connectivity index (χ4n) is 3.93. The molecule has 3 aromatic carbocycles. The molecule has 142 valence electrons. The van der Waals surface area contributed by atoms with Crippen LogP contribution in [0.1, 0.15) is 28.4 Å². The molecule has 29 heavy (non-hydrogen) atoms. The van der Waals surface area contributed by atoms with Gasteiger partial charge in [-0.2, -0.15) is 0 Å². The van der Waals surface area contributed by atoms with Gasteiger partial charge in [0.05, 0.1) is 9.45 Å². The Morgan fingerprint density at radius 1 is 0.828 bits per heavy atom. The Bertz CT molecular complexity index is 1110. The van der Waals surface area contributed by atoms with Crippen molar-refractivity contribution >= 4 is 44.8 Å². The van der Waals surface area contributed by atoms with E-state index < -0.39 is 0 Å². The molecule has 5 rings (SSSR count). The summed E-state index contributed by atoms with van der Waals surface area (Å²) >= 11 is 9.63. The SMILES string of the molecule is S=C(Sc1ccccc1)C1=CC2=C(SC1c1ccccc1)c1ccccc1CC2. The molecule has 0 radical (unpaired) electrons. The molecule has 2 aliphatic rings. The fourth-order valence-corrected chi connectivity index (χ4v) is 6.83. The number of hydrogen-bond acceptors (Lipinski definition) is 3. The highest BCUT2D eigenvalue weighted by molar-refractivity contribution is 8.24. The van der Waals surface area contributed by atoms with Gasteiger partial charge < -0.3 is 0 Å². The Morgan fingerprint density at radius 2 is 1.52 bits per heavy atom. The minimum absolute atomic E-state index is 0.227. The summed E-state index contributed by atoms with van der Waals surface area (Å²) in [6, 6.07) is 30.1. The Kier molecular flexibility index (Phi) is 5.45. The van der Waals surface area contributed by atoms with Crippen LogP contribution in [0.15, 0.2) is 107 Å². The summed E-state index contributed by atoms with van der Waals surface area (Å²) in [7, 11) is 0. The molecule has 1 heterocycles. The normalized spacial score (nSPS) is 17.9. The summed E-state index contributed by atoms with van der Waals surface area (Å²) in [5.74, 6) is 0. The number of benzene rings is 3. The van der Waals surface area contributed by atoms with Crippen LogP contribution in [0.4, 0.5) is 0 Å². The summed E-state index contributed by atoms with van der Waals surface area (Å²) in [5, 5.41) is 0.227. The molecule has 0 bridgehead atoms. The number of rotatable bonds is 3. The Hall–Kier alpha value is -2.07. The van der Waals surface area contributed by atoms with Crippen molar-refractivity contribution in [3.63, 3.8) is 0 Å². The number of fused-ring (bicyclic) bond motifs is 2. The van der Waals surface area contributed by atoms with Gasteiger partial charge in [0, 0.05) is 9.80 Å². The van der Waals surface area contributed by atoms with Crippen molar-refractivity contribution in [2.75, 3.05) is 0 Å². The van der Waals surface area contributed by atoms with Gasteiger partial charge in [0.25, 0.3) is 0 Å². The standard InChI is InChI=1S/C26H20S3/c27-26(28-21-12-5-2-6-13-21)23-17-20-16-15-18-9-7-8-14-22(18)25(20)29-24(23)19-10-3-1-4-11-19/h1-14,17,24H,15-16H2. The van der Waals surface area contributed by atoms with E-state index in [4.69, 9.17) is 12.2 Å².